The van der Waals surface area contributed by atoms with Gasteiger partial charge in [0.2, 0.25) is 0 Å². The average molecular weight is 275 g/mol. The van der Waals surface area contributed by atoms with Crippen LogP contribution in [-0.4, -0.2) is 6.61 Å². The lowest BCUT2D eigenvalue weighted by atomic mass is 10.2. The number of nitrogens with one attached hydrogen (secondary N) is 1. The predicted octanol–water partition coefficient (Wildman–Crippen LogP) is 4.31. The first-order valence-corrected chi connectivity index (χ1v) is 7.52. The highest BCUT2D eigenvalue weighted by Gasteiger charge is 2.07. The van der Waals surface area contributed by atoms with Gasteiger partial charge >= 0.3 is 0 Å². The van der Waals surface area contributed by atoms with Crippen LogP contribution in [0.4, 0.5) is 0 Å². The van der Waals surface area contributed by atoms with E-state index in [1.807, 2.05) is 30.4 Å². The van der Waals surface area contributed by atoms with Crippen LogP contribution >= 0.6 is 11.3 Å². The fourth-order valence-corrected chi connectivity index (χ4v) is 2.87. The van der Waals surface area contributed by atoms with Crippen molar-refractivity contribution in [3.63, 3.8) is 0 Å². The Morgan fingerprint density at radius 1 is 1.26 bits per heavy atom. The molecule has 0 aliphatic carbocycles. The molecule has 0 spiro atoms. The first-order chi connectivity index (χ1) is 9.19. The third kappa shape index (κ3) is 4.08. The molecule has 0 radical (unpaired) electrons. The summed E-state index contributed by atoms with van der Waals surface area (Å²) in [5.41, 5.74) is 1.26. The molecule has 1 aromatic heterocycles. The zero-order valence-corrected chi connectivity index (χ0v) is 12.6. The molecule has 1 aromatic carbocycles. The van der Waals surface area contributed by atoms with Crippen molar-refractivity contribution in [1.82, 2.24) is 5.32 Å². The van der Waals surface area contributed by atoms with E-state index >= 15 is 0 Å². The summed E-state index contributed by atoms with van der Waals surface area (Å²) in [4.78, 5) is 2.75. The smallest absolute Gasteiger partial charge is 0.119 e. The van der Waals surface area contributed by atoms with Crippen molar-refractivity contribution in [3.05, 3.63) is 51.7 Å². The Bertz CT molecular complexity index is 521. The fourth-order valence-electron chi connectivity index (χ4n) is 1.97. The molecule has 1 unspecified atom stereocenters. The molecule has 0 bridgehead atoms. The number of hydrogen-bond acceptors (Lipinski definition) is 3. The third-order valence-electron chi connectivity index (χ3n) is 3.01. The second-order valence-corrected chi connectivity index (χ2v) is 5.95. The Labute approximate surface area is 119 Å². The summed E-state index contributed by atoms with van der Waals surface area (Å²) < 4.78 is 5.52. The van der Waals surface area contributed by atoms with Crippen molar-refractivity contribution in [2.45, 2.75) is 33.4 Å². The summed E-state index contributed by atoms with van der Waals surface area (Å²) in [6.07, 6.45) is 0. The molecular formula is C16H21NOS. The van der Waals surface area contributed by atoms with E-state index in [2.05, 4.69) is 43.4 Å². The molecule has 2 nitrogen and oxygen atoms in total. The molecule has 1 N–H and O–H groups in total. The number of rotatable bonds is 6. The van der Waals surface area contributed by atoms with Crippen LogP contribution in [0.2, 0.25) is 0 Å². The molecule has 0 amide bonds. The highest BCUT2D eigenvalue weighted by molar-refractivity contribution is 7.12. The minimum absolute atomic E-state index is 0.384. The monoisotopic (exact) mass is 275 g/mol. The van der Waals surface area contributed by atoms with Crippen LogP contribution in [0.3, 0.4) is 0 Å². The summed E-state index contributed by atoms with van der Waals surface area (Å²) in [7, 11) is 0. The molecule has 3 heteroatoms. The number of thiophene rings is 1. The molecule has 2 aromatic rings. The summed E-state index contributed by atoms with van der Waals surface area (Å²) >= 11 is 1.86. The lowest BCUT2D eigenvalue weighted by Gasteiger charge is -2.13. The van der Waals surface area contributed by atoms with Gasteiger partial charge in [-0.05, 0) is 50.6 Å². The van der Waals surface area contributed by atoms with Gasteiger partial charge in [0.05, 0.1) is 6.61 Å². The normalized spacial score (nSPS) is 12.4. The van der Waals surface area contributed by atoms with Crippen LogP contribution in [0.25, 0.3) is 0 Å². The summed E-state index contributed by atoms with van der Waals surface area (Å²) in [6, 6.07) is 13.0. The van der Waals surface area contributed by atoms with E-state index < -0.39 is 0 Å². The van der Waals surface area contributed by atoms with E-state index in [0.717, 1.165) is 12.3 Å². The predicted molar refractivity (Wildman–Crippen MR) is 81.9 cm³/mol. The molecule has 2 rings (SSSR count). The van der Waals surface area contributed by atoms with Crippen molar-refractivity contribution < 1.29 is 4.74 Å². The maximum absolute atomic E-state index is 5.52. The Kier molecular flexibility index (Phi) is 5.00. The molecule has 19 heavy (non-hydrogen) atoms. The third-order valence-corrected chi connectivity index (χ3v) is 4.19. The minimum Gasteiger partial charge on any atom is -0.494 e. The van der Waals surface area contributed by atoms with Gasteiger partial charge in [-0.15, -0.1) is 11.3 Å². The van der Waals surface area contributed by atoms with E-state index in [4.69, 9.17) is 4.74 Å². The van der Waals surface area contributed by atoms with E-state index in [1.54, 1.807) is 0 Å². The van der Waals surface area contributed by atoms with Gasteiger partial charge in [-0.3, -0.25) is 0 Å². The topological polar surface area (TPSA) is 21.3 Å². The Hall–Kier alpha value is -1.32. The van der Waals surface area contributed by atoms with Crippen molar-refractivity contribution in [3.8, 4) is 5.75 Å². The molecule has 0 aliphatic rings. The van der Waals surface area contributed by atoms with Crippen molar-refractivity contribution in [1.29, 1.82) is 0 Å². The molecule has 1 atom stereocenters. The SMILES string of the molecule is CCOc1cccc(CNC(C)c2ccc(C)s2)c1. The lowest BCUT2D eigenvalue weighted by Crippen LogP contribution is -2.17. The van der Waals surface area contributed by atoms with Gasteiger partial charge < -0.3 is 10.1 Å². The molecule has 0 fully saturated rings. The Morgan fingerprint density at radius 2 is 2.11 bits per heavy atom. The van der Waals surface area contributed by atoms with Gasteiger partial charge in [-0.25, -0.2) is 0 Å². The summed E-state index contributed by atoms with van der Waals surface area (Å²) in [6.45, 7) is 7.93. The standard InChI is InChI=1S/C16H21NOS/c1-4-18-15-7-5-6-14(10-15)11-17-13(3)16-9-8-12(2)19-16/h5-10,13,17H,4,11H2,1-3H3. The van der Waals surface area contributed by atoms with Gasteiger partial charge in [0.15, 0.2) is 0 Å². The van der Waals surface area contributed by atoms with E-state index in [9.17, 15) is 0 Å². The van der Waals surface area contributed by atoms with Crippen LogP contribution in [0.5, 0.6) is 5.75 Å². The highest BCUT2D eigenvalue weighted by Crippen LogP contribution is 2.23. The highest BCUT2D eigenvalue weighted by atomic mass is 32.1. The zero-order valence-electron chi connectivity index (χ0n) is 11.8. The molecule has 102 valence electrons. The van der Waals surface area contributed by atoms with Crippen LogP contribution in [0.15, 0.2) is 36.4 Å². The minimum atomic E-state index is 0.384. The van der Waals surface area contributed by atoms with Gasteiger partial charge in [-0.2, -0.15) is 0 Å². The van der Waals surface area contributed by atoms with Gasteiger partial charge in [-0.1, -0.05) is 12.1 Å². The molecule has 0 saturated heterocycles. The summed E-state index contributed by atoms with van der Waals surface area (Å²) in [5.74, 6) is 0.946. The number of ether oxygens (including phenoxy) is 1. The first kappa shape index (κ1) is 14.1. The number of benzene rings is 1. The molecule has 0 saturated carbocycles. The Morgan fingerprint density at radius 3 is 2.79 bits per heavy atom. The molecule has 1 heterocycles. The van der Waals surface area contributed by atoms with Crippen molar-refractivity contribution in [2.24, 2.45) is 0 Å². The fraction of sp³-hybridized carbons (Fsp3) is 0.375. The maximum atomic E-state index is 5.52. The van der Waals surface area contributed by atoms with Crippen LogP contribution in [0.1, 0.15) is 35.2 Å². The zero-order chi connectivity index (χ0) is 13.7. The molecular weight excluding hydrogens is 254 g/mol. The second kappa shape index (κ2) is 6.73. The first-order valence-electron chi connectivity index (χ1n) is 6.70. The van der Waals surface area contributed by atoms with E-state index in [-0.39, 0.29) is 0 Å². The Balaban J connectivity index is 1.93. The van der Waals surface area contributed by atoms with Crippen LogP contribution in [0, 0.1) is 6.92 Å². The number of aryl methyl sites for hydroxylation is 1. The molecule has 0 aliphatic heterocycles. The lowest BCUT2D eigenvalue weighted by molar-refractivity contribution is 0.339. The van der Waals surface area contributed by atoms with Gasteiger partial charge in [0.25, 0.3) is 0 Å². The largest absolute Gasteiger partial charge is 0.494 e. The van der Waals surface area contributed by atoms with Crippen LogP contribution < -0.4 is 10.1 Å². The van der Waals surface area contributed by atoms with Crippen LogP contribution in [-0.2, 0) is 6.54 Å². The second-order valence-electron chi connectivity index (χ2n) is 4.63. The van der Waals surface area contributed by atoms with E-state index in [1.165, 1.54) is 15.3 Å². The summed E-state index contributed by atoms with van der Waals surface area (Å²) in [5, 5.41) is 3.55. The van der Waals surface area contributed by atoms with E-state index in [0.29, 0.717) is 12.6 Å². The van der Waals surface area contributed by atoms with Crippen molar-refractivity contribution >= 4 is 11.3 Å². The maximum Gasteiger partial charge on any atom is 0.119 e. The number of hydrogen-bond donors (Lipinski definition) is 1. The average Bonchev–Trinajstić information content (AvgIpc) is 2.84. The quantitative estimate of drug-likeness (QED) is 0.848. The van der Waals surface area contributed by atoms with Gasteiger partial charge in [0, 0.05) is 22.3 Å². The van der Waals surface area contributed by atoms with Gasteiger partial charge in [0.1, 0.15) is 5.75 Å². The van der Waals surface area contributed by atoms with Crippen molar-refractivity contribution in [2.75, 3.05) is 6.61 Å².